The van der Waals surface area contributed by atoms with E-state index in [1.807, 2.05) is 86.6 Å². The Balaban J connectivity index is 1.50. The molecule has 3 aromatic carbocycles. The predicted molar refractivity (Wildman–Crippen MR) is 119 cm³/mol. The van der Waals surface area contributed by atoms with Gasteiger partial charge < -0.3 is 10.6 Å². The maximum absolute atomic E-state index is 12.6. The lowest BCUT2D eigenvalue weighted by molar-refractivity contribution is 0.262. The van der Waals surface area contributed by atoms with Crippen molar-refractivity contribution in [3.8, 4) is 0 Å². The summed E-state index contributed by atoms with van der Waals surface area (Å²) >= 11 is 1.61. The highest BCUT2D eigenvalue weighted by Gasteiger charge is 2.09. The van der Waals surface area contributed by atoms with Gasteiger partial charge in [0.25, 0.3) is 0 Å². The molecular weight excluding hydrogens is 380 g/mol. The Kier molecular flexibility index (Phi) is 5.44. The molecule has 0 saturated heterocycles. The van der Waals surface area contributed by atoms with Gasteiger partial charge in [-0.05, 0) is 56.3 Å². The van der Waals surface area contributed by atoms with Crippen LogP contribution in [0.3, 0.4) is 0 Å². The molecular formula is C23H20N4OS. The van der Waals surface area contributed by atoms with Crippen LogP contribution in [0.2, 0.25) is 0 Å². The molecule has 0 saturated carbocycles. The quantitative estimate of drug-likeness (QED) is 0.438. The lowest BCUT2D eigenvalue weighted by Crippen LogP contribution is -2.19. The average molecular weight is 401 g/mol. The van der Waals surface area contributed by atoms with Gasteiger partial charge in [-0.1, -0.05) is 42.1 Å². The number of hydrogen-bond donors (Lipinski definition) is 2. The van der Waals surface area contributed by atoms with Gasteiger partial charge in [-0.2, -0.15) is 0 Å². The highest BCUT2D eigenvalue weighted by Crippen LogP contribution is 2.33. The lowest BCUT2D eigenvalue weighted by atomic mass is 10.2. The summed E-state index contributed by atoms with van der Waals surface area (Å²) in [4.78, 5) is 23.7. The van der Waals surface area contributed by atoms with Gasteiger partial charge in [0, 0.05) is 15.5 Å². The summed E-state index contributed by atoms with van der Waals surface area (Å²) in [5, 5.41) is 5.82. The van der Waals surface area contributed by atoms with E-state index in [1.54, 1.807) is 11.8 Å². The minimum Gasteiger partial charge on any atom is -0.308 e. The first-order valence-corrected chi connectivity index (χ1v) is 10.0. The number of nitrogens with one attached hydrogen (secondary N) is 2. The van der Waals surface area contributed by atoms with Crippen LogP contribution in [0.1, 0.15) is 11.4 Å². The summed E-state index contributed by atoms with van der Waals surface area (Å²) in [6.45, 7) is 3.86. The molecule has 2 N–H and O–H groups in total. The van der Waals surface area contributed by atoms with Crippen LogP contribution in [0.5, 0.6) is 0 Å². The van der Waals surface area contributed by atoms with Gasteiger partial charge in [-0.15, -0.1) is 0 Å². The number of nitrogens with zero attached hydrogens (tertiary/aromatic N) is 2. The Morgan fingerprint density at radius 3 is 2.28 bits per heavy atom. The molecule has 1 heterocycles. The number of amides is 2. The molecule has 6 heteroatoms. The largest absolute Gasteiger partial charge is 0.323 e. The van der Waals surface area contributed by atoms with Crippen molar-refractivity contribution in [3.63, 3.8) is 0 Å². The van der Waals surface area contributed by atoms with Gasteiger partial charge in [0.15, 0.2) is 0 Å². The second-order valence-electron chi connectivity index (χ2n) is 6.59. The molecule has 2 amide bonds. The minimum atomic E-state index is -0.303. The molecule has 0 aliphatic heterocycles. The zero-order valence-electron chi connectivity index (χ0n) is 16.1. The van der Waals surface area contributed by atoms with Gasteiger partial charge >= 0.3 is 6.03 Å². The van der Waals surface area contributed by atoms with Crippen molar-refractivity contribution >= 4 is 40.2 Å². The Hall–Kier alpha value is -3.38. The number of anilines is 2. The first-order valence-electron chi connectivity index (χ1n) is 9.23. The molecule has 4 rings (SSSR count). The molecule has 0 bridgehead atoms. The number of aromatic nitrogens is 2. The Morgan fingerprint density at radius 1 is 0.793 bits per heavy atom. The Bertz CT molecular complexity index is 1180. The van der Waals surface area contributed by atoms with Crippen molar-refractivity contribution in [2.24, 2.45) is 0 Å². The third kappa shape index (κ3) is 4.55. The van der Waals surface area contributed by atoms with E-state index in [9.17, 15) is 4.79 Å². The van der Waals surface area contributed by atoms with Crippen molar-refractivity contribution in [1.29, 1.82) is 0 Å². The molecule has 29 heavy (non-hydrogen) atoms. The van der Waals surface area contributed by atoms with E-state index in [0.29, 0.717) is 5.69 Å². The van der Waals surface area contributed by atoms with E-state index in [-0.39, 0.29) is 6.03 Å². The normalized spacial score (nSPS) is 10.7. The van der Waals surface area contributed by atoms with Crippen LogP contribution in [0.25, 0.3) is 11.0 Å². The minimum absolute atomic E-state index is 0.303. The van der Waals surface area contributed by atoms with Crippen LogP contribution in [0, 0.1) is 13.8 Å². The first-order chi connectivity index (χ1) is 14.1. The van der Waals surface area contributed by atoms with Crippen molar-refractivity contribution < 1.29 is 4.79 Å². The predicted octanol–water partition coefficient (Wildman–Crippen LogP) is 6.04. The molecule has 0 atom stereocenters. The summed E-state index contributed by atoms with van der Waals surface area (Å²) < 4.78 is 0. The zero-order chi connectivity index (χ0) is 20.2. The van der Waals surface area contributed by atoms with Crippen molar-refractivity contribution in [1.82, 2.24) is 9.97 Å². The van der Waals surface area contributed by atoms with Crippen LogP contribution in [0.15, 0.2) is 82.6 Å². The van der Waals surface area contributed by atoms with E-state index < -0.39 is 0 Å². The maximum atomic E-state index is 12.6. The maximum Gasteiger partial charge on any atom is 0.323 e. The highest BCUT2D eigenvalue weighted by atomic mass is 32.2. The first kappa shape index (κ1) is 19.0. The number of carbonyl (C=O) groups excluding carboxylic acids is 1. The molecule has 1 aromatic heterocycles. The second-order valence-corrected chi connectivity index (χ2v) is 7.70. The smallest absolute Gasteiger partial charge is 0.308 e. The Labute approximate surface area is 173 Å². The average Bonchev–Trinajstić information content (AvgIpc) is 2.71. The summed E-state index contributed by atoms with van der Waals surface area (Å²) in [7, 11) is 0. The zero-order valence-corrected chi connectivity index (χ0v) is 17.0. The van der Waals surface area contributed by atoms with Gasteiger partial charge in [0.2, 0.25) is 0 Å². The van der Waals surface area contributed by atoms with Crippen LogP contribution in [-0.4, -0.2) is 16.0 Å². The third-order valence-electron chi connectivity index (χ3n) is 4.44. The number of hydrogen-bond acceptors (Lipinski definition) is 4. The molecule has 0 aliphatic rings. The SMILES string of the molecule is Cc1nc2ccc(NC(=O)Nc3ccccc3Sc3ccccc3)cc2nc1C. The van der Waals surface area contributed by atoms with E-state index in [1.165, 1.54) is 0 Å². The number of urea groups is 1. The van der Waals surface area contributed by atoms with Crippen molar-refractivity contribution in [2.75, 3.05) is 10.6 Å². The van der Waals surface area contributed by atoms with Gasteiger partial charge in [-0.3, -0.25) is 0 Å². The monoisotopic (exact) mass is 400 g/mol. The number of aryl methyl sites for hydroxylation is 2. The number of benzene rings is 3. The van der Waals surface area contributed by atoms with Gasteiger partial charge in [0.1, 0.15) is 0 Å². The van der Waals surface area contributed by atoms with Crippen LogP contribution < -0.4 is 10.6 Å². The fraction of sp³-hybridized carbons (Fsp3) is 0.0870. The molecule has 0 spiro atoms. The molecule has 0 aliphatic carbocycles. The number of carbonyl (C=O) groups is 1. The Morgan fingerprint density at radius 2 is 1.48 bits per heavy atom. The van der Waals surface area contributed by atoms with Gasteiger partial charge in [0.05, 0.1) is 28.1 Å². The van der Waals surface area contributed by atoms with E-state index in [2.05, 4.69) is 20.6 Å². The summed E-state index contributed by atoms with van der Waals surface area (Å²) in [5.74, 6) is 0. The van der Waals surface area contributed by atoms with Crippen molar-refractivity contribution in [2.45, 2.75) is 23.6 Å². The molecule has 5 nitrogen and oxygen atoms in total. The lowest BCUT2D eigenvalue weighted by Gasteiger charge is -2.12. The van der Waals surface area contributed by atoms with Gasteiger partial charge in [-0.25, -0.2) is 14.8 Å². The third-order valence-corrected chi connectivity index (χ3v) is 5.52. The molecule has 0 radical (unpaired) electrons. The molecule has 4 aromatic rings. The number of fused-ring (bicyclic) bond motifs is 1. The van der Waals surface area contributed by atoms with Crippen molar-refractivity contribution in [3.05, 3.63) is 84.2 Å². The molecule has 144 valence electrons. The van der Waals surface area contributed by atoms with Crippen LogP contribution >= 0.6 is 11.8 Å². The van der Waals surface area contributed by atoms with E-state index in [0.717, 1.165) is 37.9 Å². The summed E-state index contributed by atoms with van der Waals surface area (Å²) in [6.07, 6.45) is 0. The fourth-order valence-electron chi connectivity index (χ4n) is 2.87. The van der Waals surface area contributed by atoms with Crippen LogP contribution in [0.4, 0.5) is 16.2 Å². The summed E-state index contributed by atoms with van der Waals surface area (Å²) in [6, 6.07) is 23.0. The number of rotatable bonds is 4. The molecule has 0 fully saturated rings. The fourth-order valence-corrected chi connectivity index (χ4v) is 3.79. The molecule has 0 unspecified atom stereocenters. The summed E-state index contributed by atoms with van der Waals surface area (Å²) in [5.41, 5.74) is 4.77. The van der Waals surface area contributed by atoms with E-state index in [4.69, 9.17) is 0 Å². The topological polar surface area (TPSA) is 66.9 Å². The number of para-hydroxylation sites is 1. The van der Waals surface area contributed by atoms with E-state index >= 15 is 0 Å². The standard InChI is InChI=1S/C23H20N4OS/c1-15-16(2)25-21-14-17(12-13-19(21)24-15)26-23(28)27-20-10-6-7-11-22(20)29-18-8-4-3-5-9-18/h3-14H,1-2H3,(H2,26,27,28). The second kappa shape index (κ2) is 8.32. The highest BCUT2D eigenvalue weighted by molar-refractivity contribution is 7.99. The van der Waals surface area contributed by atoms with Crippen LogP contribution in [-0.2, 0) is 0 Å².